The van der Waals surface area contributed by atoms with Gasteiger partial charge in [0.15, 0.2) is 0 Å². The van der Waals surface area contributed by atoms with Crippen LogP contribution in [0.1, 0.15) is 6.42 Å². The van der Waals surface area contributed by atoms with Gasteiger partial charge in [-0.25, -0.2) is 0 Å². The molecule has 1 N–H and O–H groups in total. The molecule has 10 heteroatoms. The van der Waals surface area contributed by atoms with Gasteiger partial charge < -0.3 is 5.11 Å². The first-order chi connectivity index (χ1) is 9.69. The number of allylic oxidation sites excluding steroid dienone is 2. The highest BCUT2D eigenvalue weighted by Crippen LogP contribution is 2.52. The third-order valence-corrected chi connectivity index (χ3v) is 5.36. The quantitative estimate of drug-likeness (QED) is 0.560. The van der Waals surface area contributed by atoms with Gasteiger partial charge in [-0.2, -0.15) is 17.2 Å². The van der Waals surface area contributed by atoms with E-state index in [9.17, 15) is 26.8 Å². The van der Waals surface area contributed by atoms with Crippen molar-refractivity contribution >= 4 is 21.9 Å². The number of halogens is 2. The van der Waals surface area contributed by atoms with Crippen molar-refractivity contribution in [2.45, 2.75) is 11.7 Å². The molecule has 0 aromatic heterocycles. The molecule has 3 aliphatic rings. The number of nitrogens with zero attached hydrogens (tertiary/aromatic N) is 1. The number of hydrogen-bond acceptors (Lipinski definition) is 6. The molecule has 4 atom stereocenters. The molecule has 1 saturated heterocycles. The molecule has 1 aliphatic heterocycles. The van der Waals surface area contributed by atoms with E-state index in [4.69, 9.17) is 5.11 Å². The van der Waals surface area contributed by atoms with Crippen LogP contribution >= 0.6 is 0 Å². The van der Waals surface area contributed by atoms with E-state index in [1.165, 1.54) is 0 Å². The summed E-state index contributed by atoms with van der Waals surface area (Å²) in [6.07, 6.45) is 4.13. The van der Waals surface area contributed by atoms with Crippen LogP contribution in [0.25, 0.3) is 0 Å². The lowest BCUT2D eigenvalue weighted by molar-refractivity contribution is -0.168. The summed E-state index contributed by atoms with van der Waals surface area (Å²) in [7, 11) is -5.62. The highest BCUT2D eigenvalue weighted by atomic mass is 32.2. The van der Waals surface area contributed by atoms with E-state index in [0.717, 1.165) is 0 Å². The molecule has 116 valence electrons. The second-order valence-corrected chi connectivity index (χ2v) is 6.95. The number of alkyl halides is 2. The largest absolute Gasteiger partial charge is 0.394 e. The number of hydroxylamine groups is 2. The summed E-state index contributed by atoms with van der Waals surface area (Å²) in [5.41, 5.74) is 0. The van der Waals surface area contributed by atoms with Gasteiger partial charge in [-0.15, -0.1) is 9.35 Å². The molecule has 1 saturated carbocycles. The van der Waals surface area contributed by atoms with Crippen molar-refractivity contribution in [2.75, 3.05) is 6.61 Å². The molecule has 2 bridgehead atoms. The zero-order valence-corrected chi connectivity index (χ0v) is 11.3. The Kier molecular flexibility index (Phi) is 2.98. The summed E-state index contributed by atoms with van der Waals surface area (Å²) in [6, 6.07) is 0. The minimum Gasteiger partial charge on any atom is -0.389 e. The number of amides is 2. The summed E-state index contributed by atoms with van der Waals surface area (Å²) in [5.74, 6) is -3.79. The molecule has 0 radical (unpaired) electrons. The van der Waals surface area contributed by atoms with Crippen molar-refractivity contribution in [3.8, 4) is 0 Å². The van der Waals surface area contributed by atoms with Gasteiger partial charge in [0.25, 0.3) is 11.8 Å². The summed E-state index contributed by atoms with van der Waals surface area (Å²) < 4.78 is 52.8. The molecule has 2 amide bonds. The number of rotatable bonds is 4. The number of carbonyl (C=O) groups is 2. The van der Waals surface area contributed by atoms with Gasteiger partial charge in [0.2, 0.25) is 0 Å². The first kappa shape index (κ1) is 14.5. The van der Waals surface area contributed by atoms with Gasteiger partial charge in [0, 0.05) is 0 Å². The molecule has 0 spiro atoms. The Morgan fingerprint density at radius 3 is 2.14 bits per heavy atom. The Balaban J connectivity index is 1.86. The number of aliphatic hydroxyl groups excluding tert-OH is 1. The predicted octanol–water partition coefficient (Wildman–Crippen LogP) is -0.360. The lowest BCUT2D eigenvalue weighted by Gasteiger charge is -2.19. The van der Waals surface area contributed by atoms with Gasteiger partial charge >= 0.3 is 15.4 Å². The molecule has 21 heavy (non-hydrogen) atoms. The second-order valence-electron chi connectivity index (χ2n) is 5.29. The van der Waals surface area contributed by atoms with Crippen LogP contribution in [0.3, 0.4) is 0 Å². The minimum absolute atomic E-state index is 0.0968. The number of fused-ring (bicyclic) bond motifs is 5. The first-order valence-corrected chi connectivity index (χ1v) is 7.59. The maximum atomic E-state index is 13.1. The Hall–Kier alpha value is -1.39. The average molecular weight is 323 g/mol. The molecule has 2 fully saturated rings. The van der Waals surface area contributed by atoms with Crippen LogP contribution in [-0.2, 0) is 24.0 Å². The van der Waals surface area contributed by atoms with Crippen molar-refractivity contribution in [3.05, 3.63) is 12.2 Å². The van der Waals surface area contributed by atoms with Gasteiger partial charge in [-0.05, 0) is 18.3 Å². The first-order valence-electron chi connectivity index (χ1n) is 6.18. The smallest absolute Gasteiger partial charge is 0.389 e. The maximum absolute atomic E-state index is 13.1. The minimum atomic E-state index is -5.62. The highest BCUT2D eigenvalue weighted by molar-refractivity contribution is 7.87. The van der Waals surface area contributed by atoms with E-state index in [2.05, 4.69) is 4.28 Å². The molecule has 7 nitrogen and oxygen atoms in total. The molecular formula is C11H11F2NO6S. The van der Waals surface area contributed by atoms with Gasteiger partial charge in [0.05, 0.1) is 11.8 Å². The van der Waals surface area contributed by atoms with Crippen molar-refractivity contribution < 1.29 is 36.2 Å². The molecule has 3 rings (SSSR count). The van der Waals surface area contributed by atoms with Crippen molar-refractivity contribution in [1.29, 1.82) is 0 Å². The lowest BCUT2D eigenvalue weighted by atomic mass is 9.85. The maximum Gasteiger partial charge on any atom is 0.394 e. The Bertz CT molecular complexity index is 615. The van der Waals surface area contributed by atoms with E-state index in [1.54, 1.807) is 12.2 Å². The number of aliphatic hydroxyl groups is 1. The Labute approximate surface area is 118 Å². The van der Waals surface area contributed by atoms with E-state index in [0.29, 0.717) is 6.42 Å². The predicted molar refractivity (Wildman–Crippen MR) is 61.6 cm³/mol. The highest BCUT2D eigenvalue weighted by Gasteiger charge is 2.62. The third kappa shape index (κ3) is 1.86. The molecular weight excluding hydrogens is 312 g/mol. The second kappa shape index (κ2) is 4.31. The van der Waals surface area contributed by atoms with Crippen molar-refractivity contribution in [1.82, 2.24) is 5.06 Å². The summed E-state index contributed by atoms with van der Waals surface area (Å²) >= 11 is 0. The summed E-state index contributed by atoms with van der Waals surface area (Å²) in [5, 5.41) is 3.69. The van der Waals surface area contributed by atoms with Crippen LogP contribution in [0.5, 0.6) is 0 Å². The fourth-order valence-electron chi connectivity index (χ4n) is 3.18. The molecule has 0 aromatic carbocycles. The zero-order valence-electron chi connectivity index (χ0n) is 10.5. The molecule has 0 aromatic rings. The van der Waals surface area contributed by atoms with E-state index < -0.39 is 45.6 Å². The van der Waals surface area contributed by atoms with Crippen molar-refractivity contribution in [2.24, 2.45) is 23.7 Å². The zero-order chi connectivity index (χ0) is 15.6. The molecule has 1 heterocycles. The number of carbonyl (C=O) groups excluding carboxylic acids is 2. The van der Waals surface area contributed by atoms with E-state index >= 15 is 0 Å². The topological polar surface area (TPSA) is 101 Å². The average Bonchev–Trinajstić information content (AvgIpc) is 3.08. The SMILES string of the molecule is O=C1C2C3C=CC(C3)C2C(=O)N1OS(=O)(=O)C(F)(F)CO. The normalized spacial score (nSPS) is 34.9. The van der Waals surface area contributed by atoms with Crippen LogP contribution in [0.4, 0.5) is 8.78 Å². The van der Waals surface area contributed by atoms with E-state index in [-0.39, 0.29) is 16.9 Å². The van der Waals surface area contributed by atoms with E-state index in [1.807, 2.05) is 0 Å². The van der Waals surface area contributed by atoms with Crippen LogP contribution in [0.15, 0.2) is 12.2 Å². The molecule has 2 aliphatic carbocycles. The van der Waals surface area contributed by atoms with Gasteiger partial charge in [-0.1, -0.05) is 12.2 Å². The monoisotopic (exact) mass is 323 g/mol. The summed E-state index contributed by atoms with van der Waals surface area (Å²) in [6.45, 7) is -2.01. The Morgan fingerprint density at radius 2 is 1.71 bits per heavy atom. The fourth-order valence-corrected chi connectivity index (χ4v) is 3.79. The van der Waals surface area contributed by atoms with Crippen LogP contribution in [-0.4, -0.2) is 42.3 Å². The van der Waals surface area contributed by atoms with Gasteiger partial charge in [0.1, 0.15) is 6.61 Å². The Morgan fingerprint density at radius 1 is 1.24 bits per heavy atom. The number of imide groups is 1. The van der Waals surface area contributed by atoms with Crippen LogP contribution in [0.2, 0.25) is 0 Å². The van der Waals surface area contributed by atoms with Gasteiger partial charge in [-0.3, -0.25) is 9.59 Å². The standard InChI is InChI=1S/C11H11F2NO6S/c12-11(13,4-15)21(18,19)20-14-9(16)7-5-1-2-6(3-5)8(7)10(14)17/h1-2,5-8,15H,3-4H2. The summed E-state index contributed by atoms with van der Waals surface area (Å²) in [4.78, 5) is 24.1. The van der Waals surface area contributed by atoms with Crippen LogP contribution < -0.4 is 0 Å². The third-order valence-electron chi connectivity index (χ3n) is 4.15. The van der Waals surface area contributed by atoms with Crippen molar-refractivity contribution in [3.63, 3.8) is 0 Å². The fraction of sp³-hybridized carbons (Fsp3) is 0.636. The number of hydrogen-bond donors (Lipinski definition) is 1. The molecule has 4 unspecified atom stereocenters. The van der Waals surface area contributed by atoms with Crippen LogP contribution in [0, 0.1) is 23.7 Å². The lowest BCUT2D eigenvalue weighted by Crippen LogP contribution is -2.42.